The Hall–Kier alpha value is -0.610. The molecule has 2 N–H and O–H groups in total. The zero-order valence-corrected chi connectivity index (χ0v) is 11.0. The first-order chi connectivity index (χ1) is 7.51. The first kappa shape index (κ1) is 15.4. The number of carbonyl (C=O) groups excluding carboxylic acids is 1. The number of likely N-dealkylation sites (N-methyl/N-ethyl adjacent to an activating group) is 1. The van der Waals surface area contributed by atoms with Gasteiger partial charge >= 0.3 is 5.97 Å². The van der Waals surface area contributed by atoms with Crippen molar-refractivity contribution < 1.29 is 9.53 Å². The number of carbonyl (C=O) groups is 1. The fourth-order valence-electron chi connectivity index (χ4n) is 1.53. The molecular formula is C12H26N2O2. The number of ether oxygens (including phenoxy) is 1. The average Bonchev–Trinajstić information content (AvgIpc) is 2.23. The molecule has 16 heavy (non-hydrogen) atoms. The van der Waals surface area contributed by atoms with E-state index in [2.05, 4.69) is 18.7 Å². The van der Waals surface area contributed by atoms with Crippen LogP contribution >= 0.6 is 0 Å². The maximum Gasteiger partial charge on any atom is 0.322 e. The highest BCUT2D eigenvalue weighted by molar-refractivity contribution is 5.75. The molecule has 0 saturated carbocycles. The second-order valence-electron chi connectivity index (χ2n) is 4.43. The minimum atomic E-state index is -0.475. The Morgan fingerprint density at radius 3 is 2.31 bits per heavy atom. The number of hydrogen-bond acceptors (Lipinski definition) is 4. The van der Waals surface area contributed by atoms with Gasteiger partial charge in [0.25, 0.3) is 0 Å². The van der Waals surface area contributed by atoms with E-state index in [1.807, 2.05) is 13.8 Å². The van der Waals surface area contributed by atoms with Crippen molar-refractivity contribution >= 4 is 5.97 Å². The molecular weight excluding hydrogens is 204 g/mol. The average molecular weight is 230 g/mol. The second-order valence-corrected chi connectivity index (χ2v) is 4.43. The van der Waals surface area contributed by atoms with Gasteiger partial charge < -0.3 is 15.4 Å². The van der Waals surface area contributed by atoms with Crippen LogP contribution in [0.4, 0.5) is 0 Å². The molecule has 0 aliphatic rings. The number of rotatable bonds is 8. The number of esters is 1. The molecule has 0 spiro atoms. The lowest BCUT2D eigenvalue weighted by molar-refractivity contribution is -0.146. The molecule has 4 nitrogen and oxygen atoms in total. The molecule has 0 bridgehead atoms. The summed E-state index contributed by atoms with van der Waals surface area (Å²) >= 11 is 0. The predicted molar refractivity (Wildman–Crippen MR) is 66.2 cm³/mol. The highest BCUT2D eigenvalue weighted by Gasteiger charge is 2.16. The third-order valence-corrected chi connectivity index (χ3v) is 2.57. The van der Waals surface area contributed by atoms with E-state index < -0.39 is 6.04 Å². The monoisotopic (exact) mass is 230 g/mol. The van der Waals surface area contributed by atoms with Crippen LogP contribution in [0, 0.1) is 5.92 Å². The first-order valence-electron chi connectivity index (χ1n) is 6.15. The van der Waals surface area contributed by atoms with E-state index in [4.69, 9.17) is 10.5 Å². The minimum Gasteiger partial charge on any atom is -0.463 e. The molecule has 1 atom stereocenters. The smallest absolute Gasteiger partial charge is 0.322 e. The van der Waals surface area contributed by atoms with Crippen molar-refractivity contribution in [2.24, 2.45) is 11.7 Å². The number of nitrogens with zero attached hydrogens (tertiary/aromatic N) is 1. The largest absolute Gasteiger partial charge is 0.463 e. The Morgan fingerprint density at radius 1 is 1.31 bits per heavy atom. The Morgan fingerprint density at radius 2 is 1.88 bits per heavy atom. The van der Waals surface area contributed by atoms with Gasteiger partial charge in [0.05, 0.1) is 0 Å². The third-order valence-electron chi connectivity index (χ3n) is 2.57. The maximum absolute atomic E-state index is 11.5. The topological polar surface area (TPSA) is 55.6 Å². The lowest BCUT2D eigenvalue weighted by Crippen LogP contribution is -2.35. The molecule has 0 aliphatic heterocycles. The summed E-state index contributed by atoms with van der Waals surface area (Å²) < 4.78 is 5.13. The summed E-state index contributed by atoms with van der Waals surface area (Å²) in [5.41, 5.74) is 5.71. The van der Waals surface area contributed by atoms with Crippen molar-refractivity contribution in [3.05, 3.63) is 0 Å². The Balaban J connectivity index is 3.72. The van der Waals surface area contributed by atoms with Crippen LogP contribution in [0.1, 0.15) is 34.1 Å². The minimum absolute atomic E-state index is 0.277. The highest BCUT2D eigenvalue weighted by Crippen LogP contribution is 2.03. The van der Waals surface area contributed by atoms with Gasteiger partial charge in [-0.15, -0.1) is 0 Å². The first-order valence-corrected chi connectivity index (χ1v) is 6.15. The van der Waals surface area contributed by atoms with E-state index in [1.54, 1.807) is 0 Å². The Kier molecular flexibility index (Phi) is 8.21. The van der Waals surface area contributed by atoms with Crippen molar-refractivity contribution in [2.45, 2.75) is 40.2 Å². The molecule has 0 aromatic rings. The van der Waals surface area contributed by atoms with E-state index >= 15 is 0 Å². The van der Waals surface area contributed by atoms with Crippen molar-refractivity contribution in [3.63, 3.8) is 0 Å². The van der Waals surface area contributed by atoms with Gasteiger partial charge in [0.1, 0.15) is 12.6 Å². The van der Waals surface area contributed by atoms with E-state index in [9.17, 15) is 4.79 Å². The molecule has 0 fully saturated rings. The summed E-state index contributed by atoms with van der Waals surface area (Å²) in [7, 11) is 0. The van der Waals surface area contributed by atoms with Gasteiger partial charge in [0.2, 0.25) is 0 Å². The normalized spacial score (nSPS) is 13.2. The van der Waals surface area contributed by atoms with E-state index in [0.717, 1.165) is 19.6 Å². The lowest BCUT2D eigenvalue weighted by Gasteiger charge is -2.19. The van der Waals surface area contributed by atoms with Gasteiger partial charge in [-0.3, -0.25) is 4.79 Å². The van der Waals surface area contributed by atoms with Crippen LogP contribution in [-0.2, 0) is 9.53 Å². The van der Waals surface area contributed by atoms with E-state index in [-0.39, 0.29) is 5.97 Å². The molecule has 0 aromatic heterocycles. The summed E-state index contributed by atoms with van der Waals surface area (Å²) in [6.07, 6.45) is 0.685. The molecule has 0 saturated heterocycles. The Labute approximate surface area is 99.1 Å². The standard InChI is InChI=1S/C12H26N2O2/c1-5-14(6-2)7-8-16-12(15)11(13)9-10(3)4/h10-11H,5-9,13H2,1-4H3. The van der Waals surface area contributed by atoms with Gasteiger partial charge in [-0.2, -0.15) is 0 Å². The van der Waals surface area contributed by atoms with Crippen molar-refractivity contribution in [2.75, 3.05) is 26.2 Å². The van der Waals surface area contributed by atoms with Crippen molar-refractivity contribution in [1.29, 1.82) is 0 Å². The molecule has 4 heteroatoms. The quantitative estimate of drug-likeness (QED) is 0.638. The summed E-state index contributed by atoms with van der Waals surface area (Å²) in [5, 5.41) is 0. The molecule has 0 aliphatic carbocycles. The SMILES string of the molecule is CCN(CC)CCOC(=O)C(N)CC(C)C. The third kappa shape index (κ3) is 6.80. The van der Waals surface area contributed by atoms with Crippen molar-refractivity contribution in [1.82, 2.24) is 4.90 Å². The number of hydrogen-bond donors (Lipinski definition) is 1. The predicted octanol–water partition coefficient (Wildman–Crippen LogP) is 1.24. The molecule has 0 aromatic carbocycles. The number of nitrogens with two attached hydrogens (primary N) is 1. The molecule has 96 valence electrons. The summed E-state index contributed by atoms with van der Waals surface area (Å²) in [6, 6.07) is -0.475. The fraction of sp³-hybridized carbons (Fsp3) is 0.917. The van der Waals surface area contributed by atoms with Crippen molar-refractivity contribution in [3.8, 4) is 0 Å². The van der Waals surface area contributed by atoms with Gasteiger partial charge in [-0.1, -0.05) is 27.7 Å². The molecule has 1 unspecified atom stereocenters. The molecule has 0 amide bonds. The molecule has 0 radical (unpaired) electrons. The maximum atomic E-state index is 11.5. The van der Waals surface area contributed by atoms with Crippen LogP contribution in [0.3, 0.4) is 0 Å². The van der Waals surface area contributed by atoms with Crippen LogP contribution in [0.15, 0.2) is 0 Å². The zero-order chi connectivity index (χ0) is 12.6. The summed E-state index contributed by atoms with van der Waals surface area (Å²) in [4.78, 5) is 13.7. The Bertz CT molecular complexity index is 191. The van der Waals surface area contributed by atoms with E-state index in [0.29, 0.717) is 18.9 Å². The van der Waals surface area contributed by atoms with Gasteiger partial charge in [-0.25, -0.2) is 0 Å². The van der Waals surface area contributed by atoms with Gasteiger partial charge in [0.15, 0.2) is 0 Å². The van der Waals surface area contributed by atoms with Gasteiger partial charge in [-0.05, 0) is 25.4 Å². The molecule has 0 heterocycles. The molecule has 0 rings (SSSR count). The summed E-state index contributed by atoms with van der Waals surface area (Å²) in [5.74, 6) is 0.145. The van der Waals surface area contributed by atoms with Crippen LogP contribution in [-0.4, -0.2) is 43.2 Å². The van der Waals surface area contributed by atoms with E-state index in [1.165, 1.54) is 0 Å². The fourth-order valence-corrected chi connectivity index (χ4v) is 1.53. The van der Waals surface area contributed by atoms with Crippen LogP contribution in [0.5, 0.6) is 0 Å². The van der Waals surface area contributed by atoms with Crippen LogP contribution in [0.2, 0.25) is 0 Å². The van der Waals surface area contributed by atoms with Crippen LogP contribution < -0.4 is 5.73 Å². The zero-order valence-electron chi connectivity index (χ0n) is 11.0. The van der Waals surface area contributed by atoms with Crippen LogP contribution in [0.25, 0.3) is 0 Å². The highest BCUT2D eigenvalue weighted by atomic mass is 16.5. The van der Waals surface area contributed by atoms with Gasteiger partial charge in [0, 0.05) is 6.54 Å². The second kappa shape index (κ2) is 8.53. The lowest BCUT2D eigenvalue weighted by atomic mass is 10.1. The summed E-state index contributed by atoms with van der Waals surface area (Å²) in [6.45, 7) is 11.5.